The topological polar surface area (TPSA) is 86.5 Å². The first-order valence-corrected chi connectivity index (χ1v) is 7.71. The number of hydrogen-bond acceptors (Lipinski definition) is 5. The van der Waals surface area contributed by atoms with Gasteiger partial charge in [-0.05, 0) is 18.2 Å². The molecule has 0 spiro atoms. The van der Waals surface area contributed by atoms with E-state index < -0.39 is 16.7 Å². The van der Waals surface area contributed by atoms with Crippen molar-refractivity contribution in [3.8, 4) is 5.75 Å². The summed E-state index contributed by atoms with van der Waals surface area (Å²) < 4.78 is 5.30. The van der Waals surface area contributed by atoms with Gasteiger partial charge in [0.05, 0.1) is 22.1 Å². The molecule has 3 aromatic carbocycles. The van der Waals surface area contributed by atoms with Gasteiger partial charge in [0.15, 0.2) is 5.78 Å². The number of ether oxygens (including phenoxy) is 1. The average Bonchev–Trinajstić information content (AvgIpc) is 2.68. The molecule has 0 saturated carbocycles. The third kappa shape index (κ3) is 3.64. The molecule has 0 aliphatic carbocycles. The van der Waals surface area contributed by atoms with E-state index in [0.29, 0.717) is 5.56 Å². The summed E-state index contributed by atoms with van der Waals surface area (Å²) in [4.78, 5) is 35.4. The van der Waals surface area contributed by atoms with Crippen molar-refractivity contribution < 1.29 is 19.2 Å². The van der Waals surface area contributed by atoms with Crippen LogP contribution in [0.5, 0.6) is 5.75 Å². The Morgan fingerprint density at radius 2 is 1.38 bits per heavy atom. The minimum absolute atomic E-state index is 0.0751. The molecule has 0 heterocycles. The van der Waals surface area contributed by atoms with Gasteiger partial charge in [-0.1, -0.05) is 48.5 Å². The molecule has 0 aromatic heterocycles. The predicted octanol–water partition coefficient (Wildman–Crippen LogP) is 4.05. The van der Waals surface area contributed by atoms with Crippen LogP contribution in [-0.2, 0) is 0 Å². The summed E-state index contributed by atoms with van der Waals surface area (Å²) in [6.07, 6.45) is 0. The van der Waals surface area contributed by atoms with Crippen molar-refractivity contribution in [2.45, 2.75) is 0 Å². The minimum atomic E-state index is -0.701. The van der Waals surface area contributed by atoms with Crippen molar-refractivity contribution in [3.05, 3.63) is 106 Å². The summed E-state index contributed by atoms with van der Waals surface area (Å²) in [6, 6.07) is 20.2. The molecule has 0 aliphatic rings. The number of nitro groups is 1. The third-order valence-corrected chi connectivity index (χ3v) is 3.67. The quantitative estimate of drug-likeness (QED) is 0.228. The second-order valence-corrected chi connectivity index (χ2v) is 5.39. The van der Waals surface area contributed by atoms with Gasteiger partial charge < -0.3 is 4.74 Å². The first-order valence-electron chi connectivity index (χ1n) is 7.71. The molecule has 128 valence electrons. The molecule has 0 atom stereocenters. The minimum Gasteiger partial charge on any atom is -0.422 e. The number of nitrogens with zero attached hydrogens (tertiary/aromatic N) is 1. The molecule has 0 aliphatic heterocycles. The number of hydrogen-bond donors (Lipinski definition) is 0. The largest absolute Gasteiger partial charge is 0.422 e. The number of ketones is 1. The van der Waals surface area contributed by atoms with Gasteiger partial charge >= 0.3 is 5.97 Å². The van der Waals surface area contributed by atoms with Gasteiger partial charge in [-0.2, -0.15) is 0 Å². The smallest absolute Gasteiger partial charge is 0.343 e. The highest BCUT2D eigenvalue weighted by molar-refractivity contribution is 6.11. The molecule has 26 heavy (non-hydrogen) atoms. The van der Waals surface area contributed by atoms with E-state index in [9.17, 15) is 19.7 Å². The van der Waals surface area contributed by atoms with E-state index in [4.69, 9.17) is 4.74 Å². The highest BCUT2D eigenvalue weighted by Gasteiger charge is 2.21. The van der Waals surface area contributed by atoms with E-state index >= 15 is 0 Å². The number of nitro benzene ring substituents is 1. The number of carbonyl (C=O) groups excluding carboxylic acids is 2. The normalized spacial score (nSPS) is 10.2. The van der Waals surface area contributed by atoms with Crippen LogP contribution in [0.2, 0.25) is 0 Å². The van der Waals surface area contributed by atoms with Crippen LogP contribution in [0.3, 0.4) is 0 Å². The Morgan fingerprint density at radius 1 is 0.808 bits per heavy atom. The average molecular weight is 347 g/mol. The zero-order valence-electron chi connectivity index (χ0n) is 13.5. The fraction of sp³-hybridized carbons (Fsp3) is 0. The highest BCUT2D eigenvalue weighted by atomic mass is 16.6. The Balaban J connectivity index is 2.01. The second-order valence-electron chi connectivity index (χ2n) is 5.39. The van der Waals surface area contributed by atoms with Gasteiger partial charge in [0.2, 0.25) is 0 Å². The maximum absolute atomic E-state index is 12.7. The molecule has 0 N–H and O–H groups in total. The van der Waals surface area contributed by atoms with Crippen LogP contribution < -0.4 is 4.74 Å². The zero-order chi connectivity index (χ0) is 18.5. The Labute approximate surface area is 148 Å². The van der Waals surface area contributed by atoms with Gasteiger partial charge in [-0.15, -0.1) is 0 Å². The van der Waals surface area contributed by atoms with Gasteiger partial charge in [-0.3, -0.25) is 14.9 Å². The van der Waals surface area contributed by atoms with Gasteiger partial charge in [0.1, 0.15) is 5.75 Å². The Hall–Kier alpha value is -3.80. The van der Waals surface area contributed by atoms with Crippen LogP contribution in [0.25, 0.3) is 0 Å². The summed E-state index contributed by atoms with van der Waals surface area (Å²) in [5, 5.41) is 11.0. The summed E-state index contributed by atoms with van der Waals surface area (Å²) in [5.41, 5.74) is 0.465. The van der Waals surface area contributed by atoms with E-state index in [2.05, 4.69) is 0 Å². The SMILES string of the molecule is O=C(Oc1cc([N+](=O)[O-])ccc1C(=O)c1ccccc1)c1ccccc1. The predicted molar refractivity (Wildman–Crippen MR) is 94.4 cm³/mol. The van der Waals surface area contributed by atoms with Crippen molar-refractivity contribution in [3.63, 3.8) is 0 Å². The Bertz CT molecular complexity index is 968. The highest BCUT2D eigenvalue weighted by Crippen LogP contribution is 2.28. The zero-order valence-corrected chi connectivity index (χ0v) is 13.5. The summed E-state index contributed by atoms with van der Waals surface area (Å²) in [5.74, 6) is -1.24. The van der Waals surface area contributed by atoms with Crippen LogP contribution in [0.15, 0.2) is 78.9 Å². The Morgan fingerprint density at radius 3 is 1.96 bits per heavy atom. The van der Waals surface area contributed by atoms with Gasteiger partial charge in [0.25, 0.3) is 5.69 Å². The van der Waals surface area contributed by atoms with E-state index in [1.807, 2.05) is 0 Å². The lowest BCUT2D eigenvalue weighted by atomic mass is 10.0. The summed E-state index contributed by atoms with van der Waals surface area (Å²) in [7, 11) is 0. The molecule has 6 heteroatoms. The number of benzene rings is 3. The molecule has 0 unspecified atom stereocenters. The van der Waals surface area contributed by atoms with Gasteiger partial charge in [-0.25, -0.2) is 4.79 Å². The van der Waals surface area contributed by atoms with E-state index in [1.54, 1.807) is 60.7 Å². The van der Waals surface area contributed by atoms with E-state index in [0.717, 1.165) is 6.07 Å². The molecule has 0 fully saturated rings. The van der Waals surface area contributed by atoms with Crippen molar-refractivity contribution in [2.75, 3.05) is 0 Å². The van der Waals surface area contributed by atoms with Crippen molar-refractivity contribution >= 4 is 17.4 Å². The fourth-order valence-corrected chi connectivity index (χ4v) is 2.37. The van der Waals surface area contributed by atoms with Crippen molar-refractivity contribution in [2.24, 2.45) is 0 Å². The molecule has 6 nitrogen and oxygen atoms in total. The maximum Gasteiger partial charge on any atom is 0.343 e. The lowest BCUT2D eigenvalue weighted by Gasteiger charge is -2.10. The van der Waals surface area contributed by atoms with Gasteiger partial charge in [0, 0.05) is 11.6 Å². The summed E-state index contributed by atoms with van der Waals surface area (Å²) in [6.45, 7) is 0. The first-order chi connectivity index (χ1) is 12.6. The van der Waals surface area contributed by atoms with E-state index in [-0.39, 0.29) is 22.6 Å². The molecule has 0 radical (unpaired) electrons. The van der Waals surface area contributed by atoms with Crippen LogP contribution in [0, 0.1) is 10.1 Å². The lowest BCUT2D eigenvalue weighted by Crippen LogP contribution is -2.12. The number of rotatable bonds is 5. The van der Waals surface area contributed by atoms with Crippen molar-refractivity contribution in [1.29, 1.82) is 0 Å². The standard InChI is InChI=1S/C20H13NO5/c22-19(14-7-3-1-4-8-14)17-12-11-16(21(24)25)13-18(17)26-20(23)15-9-5-2-6-10-15/h1-13H. The maximum atomic E-state index is 12.7. The van der Waals surface area contributed by atoms with E-state index in [1.165, 1.54) is 12.1 Å². The number of non-ortho nitro benzene ring substituents is 1. The third-order valence-electron chi connectivity index (χ3n) is 3.67. The monoisotopic (exact) mass is 347 g/mol. The molecule has 3 aromatic rings. The van der Waals surface area contributed by atoms with Crippen LogP contribution in [0.4, 0.5) is 5.69 Å². The molecule has 3 rings (SSSR count). The fourth-order valence-electron chi connectivity index (χ4n) is 2.37. The molecule has 0 amide bonds. The second kappa shape index (κ2) is 7.40. The molecular formula is C20H13NO5. The number of esters is 1. The Kier molecular flexibility index (Phi) is 4.85. The first kappa shape index (κ1) is 17.0. The summed E-state index contributed by atoms with van der Waals surface area (Å²) >= 11 is 0. The molecular weight excluding hydrogens is 334 g/mol. The number of carbonyl (C=O) groups is 2. The van der Waals surface area contributed by atoms with Crippen molar-refractivity contribution in [1.82, 2.24) is 0 Å². The molecule has 0 saturated heterocycles. The lowest BCUT2D eigenvalue weighted by molar-refractivity contribution is -0.384. The van der Waals surface area contributed by atoms with Crippen LogP contribution >= 0.6 is 0 Å². The van der Waals surface area contributed by atoms with Crippen LogP contribution in [-0.4, -0.2) is 16.7 Å². The molecule has 0 bridgehead atoms. The van der Waals surface area contributed by atoms with Crippen LogP contribution in [0.1, 0.15) is 26.3 Å².